The van der Waals surface area contributed by atoms with Crippen molar-refractivity contribution in [1.29, 1.82) is 0 Å². The quantitative estimate of drug-likeness (QED) is 0.210. The molecule has 0 unspecified atom stereocenters. The van der Waals surface area contributed by atoms with Gasteiger partial charge in [-0.15, -0.1) is 0 Å². The zero-order valence-corrected chi connectivity index (χ0v) is 42.4. The number of carbonyl (C=O) groups excluding carboxylic acids is 5. The van der Waals surface area contributed by atoms with E-state index in [9.17, 15) is 49.2 Å². The number of carboxylic acids is 1. The van der Waals surface area contributed by atoms with E-state index >= 15 is 9.18 Å². The molecular weight excluding hydrogens is 966 g/mol. The number of rotatable bonds is 6. The van der Waals surface area contributed by atoms with Crippen LogP contribution in [0.1, 0.15) is 114 Å². The minimum atomic E-state index is -2.19. The highest BCUT2D eigenvalue weighted by Gasteiger charge is 2.53. The number of nitrogens with zero attached hydrogens (tertiary/aromatic N) is 4. The lowest BCUT2D eigenvalue weighted by Crippen LogP contribution is -2.50. The molecule has 5 bridgehead atoms. The molecule has 0 spiro atoms. The summed E-state index contributed by atoms with van der Waals surface area (Å²) in [6, 6.07) is 0.821. The monoisotopic (exact) mass is 1030 g/mol. The molecule has 6 heterocycles. The number of hydrogen-bond acceptors (Lipinski definition) is 17. The van der Waals surface area contributed by atoms with E-state index in [4.69, 9.17) is 18.9 Å². The Kier molecular flexibility index (Phi) is 14.5. The third kappa shape index (κ3) is 9.36. The zero-order valence-electron chi connectivity index (χ0n) is 42.4. The first-order chi connectivity index (χ1) is 34.9. The highest BCUT2D eigenvalue weighted by molar-refractivity contribution is 6.32. The van der Waals surface area contributed by atoms with Gasteiger partial charge in [-0.3, -0.25) is 28.8 Å². The molecule has 74 heavy (non-hydrogen) atoms. The molecule has 2 fully saturated rings. The smallest absolute Gasteiger partial charge is 0.341 e. The van der Waals surface area contributed by atoms with Gasteiger partial charge in [-0.05, 0) is 38.8 Å². The second-order valence-corrected chi connectivity index (χ2v) is 20.0. The number of fused-ring (bicyclic) bond motifs is 15. The predicted molar refractivity (Wildman–Crippen MR) is 263 cm³/mol. The van der Waals surface area contributed by atoms with Crippen LogP contribution in [0.3, 0.4) is 0 Å². The van der Waals surface area contributed by atoms with Crippen LogP contribution < -0.4 is 20.4 Å². The molecule has 1 aromatic carbocycles. The fourth-order valence-corrected chi connectivity index (χ4v) is 10.4. The number of Topliss-reactive ketones (excluding diaryl/α,β-unsaturated/α-hetero) is 3. The Bertz CT molecular complexity index is 3080. The summed E-state index contributed by atoms with van der Waals surface area (Å²) in [4.78, 5) is 104. The first-order valence-corrected chi connectivity index (χ1v) is 24.4. The van der Waals surface area contributed by atoms with Gasteiger partial charge in [0.05, 0.1) is 46.7 Å². The van der Waals surface area contributed by atoms with Crippen molar-refractivity contribution in [3.05, 3.63) is 104 Å². The maximum atomic E-state index is 16.1. The van der Waals surface area contributed by atoms with E-state index < -0.39 is 128 Å². The average Bonchev–Trinajstić information content (AvgIpc) is 4.18. The second-order valence-electron chi connectivity index (χ2n) is 20.0. The number of ketones is 3. The van der Waals surface area contributed by atoms with Gasteiger partial charge in [0.2, 0.25) is 17.0 Å². The molecular formula is C53H60FN5O15. The average molecular weight is 1030 g/mol. The second kappa shape index (κ2) is 20.2. The molecule has 2 aliphatic carbocycles. The number of aromatic nitrogens is 2. The molecule has 0 radical (unpaired) electrons. The summed E-state index contributed by atoms with van der Waals surface area (Å²) in [7, 11) is 1.40. The number of nitrogens with one attached hydrogen (secondary N) is 1. The molecule has 5 N–H and O–H groups in total. The van der Waals surface area contributed by atoms with Gasteiger partial charge in [0.15, 0.2) is 11.6 Å². The predicted octanol–water partition coefficient (Wildman–Crippen LogP) is 4.66. The zero-order chi connectivity index (χ0) is 54.0. The molecule has 1 saturated carbocycles. The number of carbonyl (C=O) groups is 6. The summed E-state index contributed by atoms with van der Waals surface area (Å²) in [6.07, 6.45) is 5.56. The number of carboxylic acid groups (broad SMARTS) is 1. The fourth-order valence-electron chi connectivity index (χ4n) is 10.4. The molecule has 9 rings (SSSR count). The third-order valence-electron chi connectivity index (χ3n) is 14.9. The summed E-state index contributed by atoms with van der Waals surface area (Å²) >= 11 is 0. The minimum absolute atomic E-state index is 0.0298. The van der Waals surface area contributed by atoms with Gasteiger partial charge in [-0.1, -0.05) is 45.9 Å². The number of hydrogen-bond donors (Lipinski definition) is 5. The van der Waals surface area contributed by atoms with Crippen LogP contribution >= 0.6 is 0 Å². The lowest BCUT2D eigenvalue weighted by molar-refractivity contribution is -0.160. The Morgan fingerprint density at radius 2 is 1.57 bits per heavy atom. The maximum Gasteiger partial charge on any atom is 0.341 e. The highest BCUT2D eigenvalue weighted by Crippen LogP contribution is 2.49. The van der Waals surface area contributed by atoms with E-state index in [0.29, 0.717) is 12.8 Å². The molecule has 4 aliphatic heterocycles. The summed E-state index contributed by atoms with van der Waals surface area (Å²) in [5.74, 6) is -12.7. The number of piperazine rings is 1. The van der Waals surface area contributed by atoms with Crippen molar-refractivity contribution in [2.75, 3.05) is 38.2 Å². The van der Waals surface area contributed by atoms with Crippen molar-refractivity contribution < 1.29 is 72.5 Å². The molecule has 3 aromatic rings. The van der Waals surface area contributed by atoms with Gasteiger partial charge in [0.25, 0.3) is 11.7 Å². The molecule has 1 amide bonds. The van der Waals surface area contributed by atoms with Crippen molar-refractivity contribution in [2.24, 2.45) is 23.7 Å². The summed E-state index contributed by atoms with van der Waals surface area (Å²) < 4.78 is 41.3. The van der Waals surface area contributed by atoms with Gasteiger partial charge in [0.1, 0.15) is 40.2 Å². The van der Waals surface area contributed by atoms with E-state index in [1.54, 1.807) is 43.2 Å². The van der Waals surface area contributed by atoms with E-state index in [1.165, 1.54) is 64.1 Å². The van der Waals surface area contributed by atoms with Crippen LogP contribution in [0.2, 0.25) is 0 Å². The van der Waals surface area contributed by atoms with Crippen molar-refractivity contribution >= 4 is 52.0 Å². The highest BCUT2D eigenvalue weighted by atomic mass is 19.1. The van der Waals surface area contributed by atoms with E-state index in [2.05, 4.69) is 10.3 Å². The van der Waals surface area contributed by atoms with Gasteiger partial charge in [-0.2, -0.15) is 0 Å². The van der Waals surface area contributed by atoms with Gasteiger partial charge < -0.3 is 59.1 Å². The molecule has 6 aliphatic rings. The molecule has 2 aromatic heterocycles. The number of phenols is 1. The Balaban J connectivity index is 1.20. The summed E-state index contributed by atoms with van der Waals surface area (Å²) in [6.45, 7) is 11.8. The number of pyridine rings is 2. The molecule has 20 nitrogen and oxygen atoms in total. The summed E-state index contributed by atoms with van der Waals surface area (Å²) in [5, 5.41) is 47.0. The molecule has 9 atom stereocenters. The maximum absolute atomic E-state index is 16.1. The van der Waals surface area contributed by atoms with Crippen LogP contribution in [0, 0.1) is 36.4 Å². The number of allylic oxidation sites excluding steroid dienone is 4. The molecule has 394 valence electrons. The number of anilines is 1. The standard InChI is InChI=1S/C53H60FN5O15/c1-23-11-10-12-24(2)51(68)55-38-39(57-16-18-58(19-17-57)50-33(54)21-31-43(64)32(52(69)70)22-59(30-13-14-30)49(31)56-50)45(66)35-36(44(38)65)42(63)28(6)47-37(35)48(67)53(8,74-47)72-20-15-34(71-9)25(3)46(73-29(7)60)27(5)41(62)26(4)40(23)61/h10-12,15,20-23,25-27,30,34,40-41,46,61-63H,13-14,16-19H2,1-9H3,(H,55,68)(H,69,70)/t23-,25+,26+,27+,34-,40-,41+,46+,53-/m0/s1. The first-order valence-electron chi connectivity index (χ1n) is 24.4. The fraction of sp³-hybridized carbons (Fsp3) is 0.472. The normalized spacial score (nSPS) is 28.0. The van der Waals surface area contributed by atoms with E-state index in [-0.39, 0.29) is 77.2 Å². The number of ether oxygens (including phenoxy) is 4. The number of aliphatic hydroxyl groups is 2. The van der Waals surface area contributed by atoms with Gasteiger partial charge >= 0.3 is 17.7 Å². The van der Waals surface area contributed by atoms with Crippen LogP contribution in [0.25, 0.3) is 11.0 Å². The van der Waals surface area contributed by atoms with Crippen LogP contribution in [0.5, 0.6) is 11.5 Å². The Hall–Kier alpha value is -7.23. The minimum Gasteiger partial charge on any atom is -0.507 e. The van der Waals surface area contributed by atoms with Gasteiger partial charge in [-0.25, -0.2) is 14.2 Å². The van der Waals surface area contributed by atoms with Crippen molar-refractivity contribution in [2.45, 2.75) is 104 Å². The molecule has 21 heteroatoms. The number of benzene rings is 1. The van der Waals surface area contributed by atoms with Crippen molar-refractivity contribution in [1.82, 2.24) is 19.8 Å². The van der Waals surface area contributed by atoms with Gasteiger partial charge in [0, 0.05) is 94.2 Å². The van der Waals surface area contributed by atoms with Crippen LogP contribution in [0.15, 0.2) is 64.6 Å². The van der Waals surface area contributed by atoms with E-state index in [0.717, 1.165) is 12.3 Å². The van der Waals surface area contributed by atoms with Crippen LogP contribution in [-0.4, -0.2) is 134 Å². The Morgan fingerprint density at radius 3 is 2.19 bits per heavy atom. The number of methoxy groups -OCH3 is 1. The van der Waals surface area contributed by atoms with Crippen LogP contribution in [-0.2, 0) is 23.8 Å². The summed E-state index contributed by atoms with van der Waals surface area (Å²) in [5.41, 5.74) is -3.62. The van der Waals surface area contributed by atoms with Crippen molar-refractivity contribution in [3.8, 4) is 11.5 Å². The third-order valence-corrected chi connectivity index (χ3v) is 14.9. The number of halogens is 1. The number of aliphatic hydroxyl groups excluding tert-OH is 2. The topological polar surface area (TPSA) is 274 Å². The SMILES string of the molecule is CO[C@H]1C=CO[C@@]2(C)Oc3c(C)c(O)c4c(c3C2=O)C(=O)C(N2CCN(c3nc5c(cc3F)c(=O)c(C(=O)O)cn5C3CC3)CC2)=C(NC(=O)C(C)=CC=C[C@H](C)[C@H](O)[C@@H](C)[C@@H](O)[C@@H](C)[C@H](OC(C)=O)[C@@H]1C)C4=O. The van der Waals surface area contributed by atoms with E-state index in [1.807, 2.05) is 0 Å². The number of aromatic hydroxyl groups is 1. The number of phenolic OH excluding ortho intramolecular Hbond substituents is 1. The first kappa shape index (κ1) is 53.1. The van der Waals surface area contributed by atoms with Crippen molar-refractivity contribution in [3.63, 3.8) is 0 Å². The lowest BCUT2D eigenvalue weighted by Gasteiger charge is -2.39. The number of esters is 1. The Labute approximate surface area is 424 Å². The molecule has 1 saturated heterocycles. The number of aromatic carboxylic acids is 1. The number of amides is 1. The lowest BCUT2D eigenvalue weighted by atomic mass is 9.78. The Morgan fingerprint density at radius 1 is 0.905 bits per heavy atom. The largest absolute Gasteiger partial charge is 0.507 e. The van der Waals surface area contributed by atoms with Crippen LogP contribution in [0.4, 0.5) is 10.2 Å².